The molecule has 5 rings (SSSR count). The number of nitrogens with one attached hydrogen (secondary N) is 2. The smallest absolute Gasteiger partial charge is 0.255 e. The molecule has 7 nitrogen and oxygen atoms in total. The second-order valence-electron chi connectivity index (χ2n) is 10.0. The summed E-state index contributed by atoms with van der Waals surface area (Å²) in [6, 6.07) is 5.37. The van der Waals surface area contributed by atoms with Crippen molar-refractivity contribution < 1.29 is 14.4 Å². The van der Waals surface area contributed by atoms with Crippen molar-refractivity contribution in [2.75, 3.05) is 13.1 Å². The number of rotatable bonds is 6. The minimum absolute atomic E-state index is 0.106. The highest BCUT2D eigenvalue weighted by atomic mass is 16.2. The van der Waals surface area contributed by atoms with E-state index in [-0.39, 0.29) is 29.6 Å². The zero-order valence-electron chi connectivity index (χ0n) is 18.0. The SMILES string of the molecule is NCC1(CNCc2cccc3c2C(=O)N(C2CCC(=O)NC2=O)C3)CC2CCCC2C1. The normalized spacial score (nSPS) is 32.4. The van der Waals surface area contributed by atoms with Crippen LogP contribution in [0.25, 0.3) is 0 Å². The van der Waals surface area contributed by atoms with E-state index in [1.54, 1.807) is 4.90 Å². The summed E-state index contributed by atoms with van der Waals surface area (Å²) in [6.45, 7) is 2.63. The van der Waals surface area contributed by atoms with Gasteiger partial charge in [0, 0.05) is 31.6 Å². The number of fused-ring (bicyclic) bond motifs is 2. The van der Waals surface area contributed by atoms with Crippen molar-refractivity contribution in [1.29, 1.82) is 0 Å². The van der Waals surface area contributed by atoms with E-state index in [0.717, 1.165) is 29.5 Å². The number of benzene rings is 1. The molecule has 2 aliphatic carbocycles. The van der Waals surface area contributed by atoms with Gasteiger partial charge in [-0.25, -0.2) is 0 Å². The zero-order chi connectivity index (χ0) is 21.6. The molecule has 1 aromatic rings. The van der Waals surface area contributed by atoms with Gasteiger partial charge < -0.3 is 16.0 Å². The largest absolute Gasteiger partial charge is 0.330 e. The van der Waals surface area contributed by atoms with E-state index in [9.17, 15) is 14.4 Å². The maximum absolute atomic E-state index is 13.2. The lowest BCUT2D eigenvalue weighted by atomic mass is 9.83. The van der Waals surface area contributed by atoms with Crippen LogP contribution < -0.4 is 16.4 Å². The first-order valence-electron chi connectivity index (χ1n) is 11.7. The molecule has 3 unspecified atom stereocenters. The van der Waals surface area contributed by atoms with E-state index in [0.29, 0.717) is 31.6 Å². The molecule has 0 spiro atoms. The van der Waals surface area contributed by atoms with E-state index in [2.05, 4.69) is 10.6 Å². The van der Waals surface area contributed by atoms with E-state index < -0.39 is 6.04 Å². The van der Waals surface area contributed by atoms with Gasteiger partial charge in [0.05, 0.1) is 0 Å². The fourth-order valence-corrected chi connectivity index (χ4v) is 6.53. The Kier molecular flexibility index (Phi) is 5.34. The fraction of sp³-hybridized carbons (Fsp3) is 0.625. The van der Waals surface area contributed by atoms with Crippen molar-refractivity contribution in [1.82, 2.24) is 15.5 Å². The summed E-state index contributed by atoms with van der Waals surface area (Å²) in [6.07, 6.45) is 7.16. The third-order valence-corrected chi connectivity index (χ3v) is 8.09. The highest BCUT2D eigenvalue weighted by Gasteiger charge is 2.46. The number of imide groups is 1. The second-order valence-corrected chi connectivity index (χ2v) is 10.0. The van der Waals surface area contributed by atoms with Gasteiger partial charge in [-0.15, -0.1) is 0 Å². The van der Waals surface area contributed by atoms with Crippen LogP contribution in [0.5, 0.6) is 0 Å². The average molecular weight is 425 g/mol. The summed E-state index contributed by atoms with van der Waals surface area (Å²) in [5.41, 5.74) is 9.05. The number of piperidine rings is 1. The number of carbonyl (C=O) groups is 3. The molecule has 0 radical (unpaired) electrons. The summed E-state index contributed by atoms with van der Waals surface area (Å²) in [5.74, 6) is 0.949. The van der Waals surface area contributed by atoms with Crippen molar-refractivity contribution in [3.05, 3.63) is 34.9 Å². The van der Waals surface area contributed by atoms with Crippen LogP contribution in [0.4, 0.5) is 0 Å². The first-order valence-corrected chi connectivity index (χ1v) is 11.7. The maximum atomic E-state index is 13.2. The van der Waals surface area contributed by atoms with Crippen molar-refractivity contribution in [3.8, 4) is 0 Å². The van der Waals surface area contributed by atoms with Gasteiger partial charge in [0.1, 0.15) is 6.04 Å². The van der Waals surface area contributed by atoms with E-state index >= 15 is 0 Å². The summed E-state index contributed by atoms with van der Waals surface area (Å²) >= 11 is 0. The highest BCUT2D eigenvalue weighted by molar-refractivity contribution is 6.05. The Balaban J connectivity index is 1.26. The zero-order valence-corrected chi connectivity index (χ0v) is 18.0. The maximum Gasteiger partial charge on any atom is 0.255 e. The Bertz CT molecular complexity index is 902. The number of amides is 3. The minimum Gasteiger partial charge on any atom is -0.330 e. The lowest BCUT2D eigenvalue weighted by Crippen LogP contribution is -2.52. The molecule has 3 atom stereocenters. The molecular weight excluding hydrogens is 392 g/mol. The summed E-state index contributed by atoms with van der Waals surface area (Å²) in [5, 5.41) is 5.97. The molecule has 4 N–H and O–H groups in total. The van der Waals surface area contributed by atoms with E-state index in [1.165, 1.54) is 32.1 Å². The topological polar surface area (TPSA) is 105 Å². The van der Waals surface area contributed by atoms with Crippen LogP contribution in [0, 0.1) is 17.3 Å². The Morgan fingerprint density at radius 3 is 2.61 bits per heavy atom. The van der Waals surface area contributed by atoms with Crippen LogP contribution >= 0.6 is 0 Å². The van der Waals surface area contributed by atoms with Crippen LogP contribution in [0.15, 0.2) is 18.2 Å². The first kappa shape index (κ1) is 20.6. The number of hydrogen-bond acceptors (Lipinski definition) is 5. The number of carbonyl (C=O) groups excluding carboxylic acids is 3. The van der Waals surface area contributed by atoms with Gasteiger partial charge in [-0.3, -0.25) is 19.7 Å². The minimum atomic E-state index is -0.572. The van der Waals surface area contributed by atoms with E-state index in [4.69, 9.17) is 5.73 Å². The van der Waals surface area contributed by atoms with Gasteiger partial charge in [-0.1, -0.05) is 37.5 Å². The lowest BCUT2D eigenvalue weighted by molar-refractivity contribution is -0.136. The molecule has 3 fully saturated rings. The van der Waals surface area contributed by atoms with Gasteiger partial charge in [-0.2, -0.15) is 0 Å². The monoisotopic (exact) mass is 424 g/mol. The average Bonchev–Trinajstić information content (AvgIpc) is 3.41. The molecule has 7 heteroatoms. The molecule has 166 valence electrons. The molecule has 2 aliphatic heterocycles. The van der Waals surface area contributed by atoms with Crippen LogP contribution in [0.1, 0.15) is 66.4 Å². The number of nitrogens with two attached hydrogens (primary N) is 1. The van der Waals surface area contributed by atoms with Crippen LogP contribution in [-0.2, 0) is 22.7 Å². The Morgan fingerprint density at radius 1 is 1.13 bits per heavy atom. The number of hydrogen-bond donors (Lipinski definition) is 3. The third-order valence-electron chi connectivity index (χ3n) is 8.09. The summed E-state index contributed by atoms with van der Waals surface area (Å²) in [4.78, 5) is 38.6. The Labute approximate surface area is 183 Å². The molecule has 0 aromatic heterocycles. The Morgan fingerprint density at radius 2 is 1.90 bits per heavy atom. The first-order chi connectivity index (χ1) is 15.0. The van der Waals surface area contributed by atoms with Crippen molar-refractivity contribution in [2.24, 2.45) is 23.0 Å². The standard InChI is InChI=1S/C24H32N4O3/c25-13-24(9-15-3-1-4-16(15)10-24)14-26-11-17-5-2-6-18-12-28(23(31)21(17)18)19-7-8-20(29)27-22(19)30/h2,5-6,15-16,19,26H,1,3-4,7-14,25H2,(H,27,29,30). The Hall–Kier alpha value is -2.25. The van der Waals surface area contributed by atoms with Gasteiger partial charge in [0.2, 0.25) is 11.8 Å². The quantitative estimate of drug-likeness (QED) is 0.603. The van der Waals surface area contributed by atoms with Crippen LogP contribution in [0.3, 0.4) is 0 Å². The molecule has 2 heterocycles. The van der Waals surface area contributed by atoms with Crippen molar-refractivity contribution >= 4 is 17.7 Å². The third kappa shape index (κ3) is 3.68. The summed E-state index contributed by atoms with van der Waals surface area (Å²) in [7, 11) is 0. The molecule has 0 bridgehead atoms. The van der Waals surface area contributed by atoms with Crippen molar-refractivity contribution in [3.63, 3.8) is 0 Å². The van der Waals surface area contributed by atoms with Crippen molar-refractivity contribution in [2.45, 2.75) is 64.1 Å². The molecule has 2 saturated carbocycles. The molecule has 4 aliphatic rings. The summed E-state index contributed by atoms with van der Waals surface area (Å²) < 4.78 is 0. The second kappa shape index (κ2) is 8.02. The lowest BCUT2D eigenvalue weighted by Gasteiger charge is -2.29. The fourth-order valence-electron chi connectivity index (χ4n) is 6.53. The molecule has 1 aromatic carbocycles. The molecular formula is C24H32N4O3. The van der Waals surface area contributed by atoms with Gasteiger partial charge in [0.25, 0.3) is 5.91 Å². The number of nitrogens with zero attached hydrogens (tertiary/aromatic N) is 1. The van der Waals surface area contributed by atoms with Gasteiger partial charge in [-0.05, 0) is 54.2 Å². The predicted molar refractivity (Wildman–Crippen MR) is 116 cm³/mol. The van der Waals surface area contributed by atoms with Gasteiger partial charge in [0.15, 0.2) is 0 Å². The predicted octanol–water partition coefficient (Wildman–Crippen LogP) is 1.69. The van der Waals surface area contributed by atoms with Crippen LogP contribution in [0.2, 0.25) is 0 Å². The highest BCUT2D eigenvalue weighted by Crippen LogP contribution is 2.52. The molecule has 31 heavy (non-hydrogen) atoms. The van der Waals surface area contributed by atoms with Gasteiger partial charge >= 0.3 is 0 Å². The molecule has 3 amide bonds. The van der Waals surface area contributed by atoms with E-state index in [1.807, 2.05) is 18.2 Å². The van der Waals surface area contributed by atoms with Crippen LogP contribution in [-0.4, -0.2) is 41.8 Å². The molecule has 1 saturated heterocycles.